The molecule has 0 aliphatic carbocycles. The van der Waals surface area contributed by atoms with Crippen LogP contribution in [0.2, 0.25) is 0 Å². The summed E-state index contributed by atoms with van der Waals surface area (Å²) in [5.41, 5.74) is -1.15. The lowest BCUT2D eigenvalue weighted by Crippen LogP contribution is -2.15. The van der Waals surface area contributed by atoms with Crippen LogP contribution >= 0.6 is 27.5 Å². The molecule has 0 N–H and O–H groups in total. The third-order valence-electron chi connectivity index (χ3n) is 2.13. The van der Waals surface area contributed by atoms with Crippen molar-refractivity contribution in [3.05, 3.63) is 28.2 Å². The smallest absolute Gasteiger partial charge is 0.224 e. The molecule has 0 unspecified atom stereocenters. The molecule has 0 saturated carbocycles. The van der Waals surface area contributed by atoms with E-state index in [9.17, 15) is 21.6 Å². The van der Waals surface area contributed by atoms with Gasteiger partial charge in [-0.1, -0.05) is 15.9 Å². The number of benzene rings is 1. The summed E-state index contributed by atoms with van der Waals surface area (Å²) >= 11 is 8.33. The Morgan fingerprint density at radius 1 is 1.28 bits per heavy atom. The van der Waals surface area contributed by atoms with Crippen LogP contribution in [0.3, 0.4) is 0 Å². The first kappa shape index (κ1) is 15.8. The summed E-state index contributed by atoms with van der Waals surface area (Å²) in [6.45, 7) is 0. The van der Waals surface area contributed by atoms with Gasteiger partial charge in [-0.2, -0.15) is 13.2 Å². The molecule has 0 fully saturated rings. The molecular weight excluding hydrogens is 357 g/mol. The summed E-state index contributed by atoms with van der Waals surface area (Å²) in [6, 6.07) is 2.87. The molecule has 0 aromatic heterocycles. The Morgan fingerprint density at radius 2 is 1.89 bits per heavy atom. The zero-order valence-corrected chi connectivity index (χ0v) is 12.1. The molecule has 1 aromatic carbocycles. The predicted octanol–water partition coefficient (Wildman–Crippen LogP) is 3.87. The van der Waals surface area contributed by atoms with Gasteiger partial charge in [0.15, 0.2) is 9.84 Å². The van der Waals surface area contributed by atoms with Crippen molar-refractivity contribution in [1.82, 2.24) is 0 Å². The van der Waals surface area contributed by atoms with Crippen molar-refractivity contribution in [2.45, 2.75) is 17.5 Å². The number of hydrogen-bond acceptors (Lipinski definition) is 2. The molecule has 0 atom stereocenters. The SMILES string of the molecule is O=S(=O)(CCCCl)c1cc(Br)ccc1C(F)(F)F. The van der Waals surface area contributed by atoms with E-state index in [0.29, 0.717) is 0 Å². The summed E-state index contributed by atoms with van der Waals surface area (Å²) in [5.74, 6) is -0.329. The summed E-state index contributed by atoms with van der Waals surface area (Å²) in [7, 11) is -3.99. The van der Waals surface area contributed by atoms with E-state index in [4.69, 9.17) is 11.6 Å². The first-order chi connectivity index (χ1) is 8.18. The number of hydrogen-bond donors (Lipinski definition) is 0. The Labute approximate surface area is 116 Å². The highest BCUT2D eigenvalue weighted by Crippen LogP contribution is 2.36. The van der Waals surface area contributed by atoms with Crippen LogP contribution in [0.1, 0.15) is 12.0 Å². The van der Waals surface area contributed by atoms with Gasteiger partial charge in [0.1, 0.15) is 0 Å². The molecule has 1 aromatic rings. The zero-order valence-electron chi connectivity index (χ0n) is 8.97. The molecule has 0 spiro atoms. The van der Waals surface area contributed by atoms with Gasteiger partial charge in [-0.15, -0.1) is 11.6 Å². The Bertz CT molecular complexity index is 528. The molecule has 0 radical (unpaired) electrons. The minimum absolute atomic E-state index is 0.0780. The number of sulfone groups is 1. The van der Waals surface area contributed by atoms with E-state index in [2.05, 4.69) is 15.9 Å². The van der Waals surface area contributed by atoms with Gasteiger partial charge in [0.2, 0.25) is 0 Å². The summed E-state index contributed by atoms with van der Waals surface area (Å²) in [6.07, 6.45) is -4.60. The maximum Gasteiger partial charge on any atom is 0.417 e. The fraction of sp³-hybridized carbons (Fsp3) is 0.400. The number of alkyl halides is 4. The van der Waals surface area contributed by atoms with Crippen LogP contribution in [0.4, 0.5) is 13.2 Å². The highest BCUT2D eigenvalue weighted by molar-refractivity contribution is 9.10. The largest absolute Gasteiger partial charge is 0.417 e. The topological polar surface area (TPSA) is 34.1 Å². The normalized spacial score (nSPS) is 12.7. The van der Waals surface area contributed by atoms with Crippen molar-refractivity contribution in [2.24, 2.45) is 0 Å². The summed E-state index contributed by atoms with van der Waals surface area (Å²) in [5, 5.41) is 0. The first-order valence-corrected chi connectivity index (χ1v) is 7.82. The molecule has 0 amide bonds. The van der Waals surface area contributed by atoms with Crippen LogP contribution in [0, 0.1) is 0 Å². The van der Waals surface area contributed by atoms with Crippen LogP contribution in [-0.4, -0.2) is 20.1 Å². The van der Waals surface area contributed by atoms with Gasteiger partial charge >= 0.3 is 6.18 Å². The van der Waals surface area contributed by atoms with E-state index in [0.717, 1.165) is 18.2 Å². The van der Waals surface area contributed by atoms with Gasteiger partial charge in [0.05, 0.1) is 16.2 Å². The fourth-order valence-electron chi connectivity index (χ4n) is 1.34. The van der Waals surface area contributed by atoms with E-state index < -0.39 is 32.2 Å². The quantitative estimate of drug-likeness (QED) is 0.759. The molecule has 0 saturated heterocycles. The van der Waals surface area contributed by atoms with Crippen molar-refractivity contribution >= 4 is 37.4 Å². The Morgan fingerprint density at radius 3 is 2.39 bits per heavy atom. The molecule has 18 heavy (non-hydrogen) atoms. The molecule has 0 bridgehead atoms. The fourth-order valence-corrected chi connectivity index (χ4v) is 3.72. The second-order valence-corrected chi connectivity index (χ2v) is 6.87. The van der Waals surface area contributed by atoms with E-state index >= 15 is 0 Å². The van der Waals surface area contributed by atoms with Crippen LogP contribution in [0.25, 0.3) is 0 Å². The number of rotatable bonds is 4. The van der Waals surface area contributed by atoms with Crippen molar-refractivity contribution in [1.29, 1.82) is 0 Å². The lowest BCUT2D eigenvalue weighted by molar-refractivity contribution is -0.139. The molecular formula is C10H9BrClF3O2S. The van der Waals surface area contributed by atoms with Crippen LogP contribution in [0.5, 0.6) is 0 Å². The lowest BCUT2D eigenvalue weighted by Gasteiger charge is -2.13. The Balaban J connectivity index is 3.34. The maximum atomic E-state index is 12.7. The molecule has 8 heteroatoms. The maximum absolute atomic E-state index is 12.7. The van der Waals surface area contributed by atoms with Crippen LogP contribution < -0.4 is 0 Å². The first-order valence-electron chi connectivity index (χ1n) is 4.84. The minimum atomic E-state index is -4.70. The minimum Gasteiger partial charge on any atom is -0.224 e. The standard InChI is InChI=1S/C10H9BrClF3O2S/c11-7-2-3-8(10(13,14)15)9(6-7)18(16,17)5-1-4-12/h2-3,6H,1,4-5H2. The molecule has 0 heterocycles. The van der Waals surface area contributed by atoms with Crippen LogP contribution in [-0.2, 0) is 16.0 Å². The van der Waals surface area contributed by atoms with Gasteiger partial charge in [-0.05, 0) is 24.6 Å². The van der Waals surface area contributed by atoms with E-state index in [-0.39, 0.29) is 16.8 Å². The second-order valence-electron chi connectivity index (χ2n) is 3.50. The lowest BCUT2D eigenvalue weighted by atomic mass is 10.2. The zero-order chi connectivity index (χ0) is 14.0. The summed E-state index contributed by atoms with van der Waals surface area (Å²) < 4.78 is 62.1. The second kappa shape index (κ2) is 5.79. The third-order valence-corrected chi connectivity index (χ3v) is 4.73. The summed E-state index contributed by atoms with van der Waals surface area (Å²) in [4.78, 5) is -0.713. The van der Waals surface area contributed by atoms with Gasteiger partial charge < -0.3 is 0 Å². The van der Waals surface area contributed by atoms with Gasteiger partial charge in [0.25, 0.3) is 0 Å². The predicted molar refractivity (Wildman–Crippen MR) is 66.5 cm³/mol. The van der Waals surface area contributed by atoms with E-state index in [1.165, 1.54) is 0 Å². The van der Waals surface area contributed by atoms with E-state index in [1.807, 2.05) is 0 Å². The van der Waals surface area contributed by atoms with Gasteiger partial charge in [-0.3, -0.25) is 0 Å². The molecule has 0 aliphatic heterocycles. The highest BCUT2D eigenvalue weighted by atomic mass is 79.9. The number of halogens is 5. The van der Waals surface area contributed by atoms with Crippen LogP contribution in [0.15, 0.2) is 27.6 Å². The van der Waals surface area contributed by atoms with Crippen molar-refractivity contribution in [3.8, 4) is 0 Å². The highest BCUT2D eigenvalue weighted by Gasteiger charge is 2.36. The van der Waals surface area contributed by atoms with E-state index in [1.54, 1.807) is 0 Å². The average molecular weight is 366 g/mol. The van der Waals surface area contributed by atoms with Crippen molar-refractivity contribution < 1.29 is 21.6 Å². The van der Waals surface area contributed by atoms with Gasteiger partial charge in [0, 0.05) is 10.4 Å². The molecule has 2 nitrogen and oxygen atoms in total. The average Bonchev–Trinajstić information content (AvgIpc) is 2.24. The van der Waals surface area contributed by atoms with Crippen molar-refractivity contribution in [3.63, 3.8) is 0 Å². The third kappa shape index (κ3) is 3.86. The van der Waals surface area contributed by atoms with Crippen molar-refractivity contribution in [2.75, 3.05) is 11.6 Å². The van der Waals surface area contributed by atoms with Gasteiger partial charge in [-0.25, -0.2) is 8.42 Å². The Hall–Kier alpha value is -0.270. The Kier molecular flexibility index (Phi) is 5.08. The monoisotopic (exact) mass is 364 g/mol. The molecule has 0 aliphatic rings. The molecule has 1 rings (SSSR count). The molecule has 102 valence electrons.